The number of likely N-dealkylation sites (N-methyl/N-ethyl adjacent to an activating group) is 1. The molecule has 1 aromatic rings. The fraction of sp³-hybridized carbons (Fsp3) is 0.692. The zero-order valence-electron chi connectivity index (χ0n) is 11.6. The lowest BCUT2D eigenvalue weighted by atomic mass is 10.2. The van der Waals surface area contributed by atoms with E-state index in [0.29, 0.717) is 23.3 Å². The van der Waals surface area contributed by atoms with Gasteiger partial charge in [0.05, 0.1) is 0 Å². The molecule has 0 aromatic carbocycles. The maximum atomic E-state index is 12.6. The zero-order chi connectivity index (χ0) is 13.9. The summed E-state index contributed by atoms with van der Waals surface area (Å²) < 4.78 is 27.3. The molecule has 1 saturated heterocycles. The predicted octanol–water partition coefficient (Wildman–Crippen LogP) is 2.07. The fourth-order valence-electron chi connectivity index (χ4n) is 2.37. The van der Waals surface area contributed by atoms with Crippen LogP contribution < -0.4 is 5.32 Å². The molecular formula is C13H22N2O2S2. The number of rotatable bonds is 6. The van der Waals surface area contributed by atoms with Crippen LogP contribution in [0.25, 0.3) is 0 Å². The van der Waals surface area contributed by atoms with Gasteiger partial charge in [0.1, 0.15) is 4.21 Å². The van der Waals surface area contributed by atoms with Crippen LogP contribution in [-0.2, 0) is 16.4 Å². The largest absolute Gasteiger partial charge is 0.313 e. The highest BCUT2D eigenvalue weighted by molar-refractivity contribution is 7.91. The first kappa shape index (κ1) is 15.0. The van der Waals surface area contributed by atoms with Gasteiger partial charge in [0.25, 0.3) is 10.0 Å². The SMILES string of the molecule is CCc1ccc(S(=O)(=O)N(CC)CC2CCCN2)s1. The van der Waals surface area contributed by atoms with Crippen molar-refractivity contribution in [3.8, 4) is 0 Å². The molecule has 1 aliphatic rings. The Kier molecular flexibility index (Phi) is 5.00. The Balaban J connectivity index is 2.15. The highest BCUT2D eigenvalue weighted by Gasteiger charge is 2.28. The lowest BCUT2D eigenvalue weighted by molar-refractivity contribution is 0.384. The molecule has 4 nitrogen and oxygen atoms in total. The van der Waals surface area contributed by atoms with Crippen molar-refractivity contribution in [2.75, 3.05) is 19.6 Å². The maximum absolute atomic E-state index is 12.6. The molecule has 1 aromatic heterocycles. The zero-order valence-corrected chi connectivity index (χ0v) is 13.2. The van der Waals surface area contributed by atoms with Crippen LogP contribution >= 0.6 is 11.3 Å². The van der Waals surface area contributed by atoms with E-state index < -0.39 is 10.0 Å². The molecule has 0 aliphatic carbocycles. The predicted molar refractivity (Wildman–Crippen MR) is 79.2 cm³/mol. The molecule has 0 bridgehead atoms. The van der Waals surface area contributed by atoms with Crippen molar-refractivity contribution in [2.45, 2.75) is 43.4 Å². The first-order valence-electron chi connectivity index (χ1n) is 6.90. The quantitative estimate of drug-likeness (QED) is 0.875. The Morgan fingerprint density at radius 2 is 2.21 bits per heavy atom. The first-order chi connectivity index (χ1) is 9.07. The van der Waals surface area contributed by atoms with E-state index in [1.165, 1.54) is 11.3 Å². The number of nitrogens with one attached hydrogen (secondary N) is 1. The Morgan fingerprint density at radius 3 is 2.74 bits per heavy atom. The van der Waals surface area contributed by atoms with E-state index in [2.05, 4.69) is 5.32 Å². The maximum Gasteiger partial charge on any atom is 0.252 e. The second kappa shape index (κ2) is 6.35. The molecule has 0 spiro atoms. The van der Waals surface area contributed by atoms with Gasteiger partial charge >= 0.3 is 0 Å². The van der Waals surface area contributed by atoms with E-state index in [0.717, 1.165) is 30.7 Å². The van der Waals surface area contributed by atoms with Gasteiger partial charge in [-0.2, -0.15) is 4.31 Å². The van der Waals surface area contributed by atoms with Crippen LogP contribution in [0.5, 0.6) is 0 Å². The minimum absolute atomic E-state index is 0.306. The Hall–Kier alpha value is -0.430. The molecule has 0 radical (unpaired) electrons. The van der Waals surface area contributed by atoms with Gasteiger partial charge in [-0.15, -0.1) is 11.3 Å². The summed E-state index contributed by atoms with van der Waals surface area (Å²) in [5.74, 6) is 0. The molecule has 2 heterocycles. The first-order valence-corrected chi connectivity index (χ1v) is 9.15. The summed E-state index contributed by atoms with van der Waals surface area (Å²) in [5, 5.41) is 3.36. The van der Waals surface area contributed by atoms with E-state index in [4.69, 9.17) is 0 Å². The summed E-state index contributed by atoms with van der Waals surface area (Å²) >= 11 is 1.39. The molecule has 0 amide bonds. The Morgan fingerprint density at radius 1 is 1.42 bits per heavy atom. The van der Waals surface area contributed by atoms with Gasteiger partial charge in [-0.3, -0.25) is 0 Å². The number of sulfonamides is 1. The van der Waals surface area contributed by atoms with Crippen LogP contribution in [0.15, 0.2) is 16.3 Å². The molecule has 1 atom stereocenters. The second-order valence-electron chi connectivity index (χ2n) is 4.82. The van der Waals surface area contributed by atoms with E-state index in [-0.39, 0.29) is 0 Å². The van der Waals surface area contributed by atoms with Gasteiger partial charge in [0, 0.05) is 24.0 Å². The van der Waals surface area contributed by atoms with Crippen LogP contribution in [-0.4, -0.2) is 38.4 Å². The highest BCUT2D eigenvalue weighted by atomic mass is 32.2. The summed E-state index contributed by atoms with van der Waals surface area (Å²) in [7, 11) is -3.32. The molecular weight excluding hydrogens is 280 g/mol. The number of thiophene rings is 1. The van der Waals surface area contributed by atoms with Crippen LogP contribution in [0.1, 0.15) is 31.6 Å². The molecule has 1 unspecified atom stereocenters. The molecule has 108 valence electrons. The van der Waals surface area contributed by atoms with Crippen LogP contribution in [0.2, 0.25) is 0 Å². The van der Waals surface area contributed by atoms with Gasteiger partial charge in [-0.05, 0) is 37.9 Å². The van der Waals surface area contributed by atoms with Crippen LogP contribution in [0, 0.1) is 0 Å². The normalized spacial score (nSPS) is 20.3. The van der Waals surface area contributed by atoms with E-state index in [1.807, 2.05) is 19.9 Å². The molecule has 6 heteroatoms. The van der Waals surface area contributed by atoms with E-state index in [9.17, 15) is 8.42 Å². The molecule has 2 rings (SSSR count). The lowest BCUT2D eigenvalue weighted by Gasteiger charge is -2.23. The number of aryl methyl sites for hydroxylation is 1. The average Bonchev–Trinajstić information content (AvgIpc) is 3.06. The fourth-order valence-corrected chi connectivity index (χ4v) is 5.31. The summed E-state index contributed by atoms with van der Waals surface area (Å²) in [6.07, 6.45) is 3.09. The molecule has 1 fully saturated rings. The van der Waals surface area contributed by atoms with Crippen molar-refractivity contribution >= 4 is 21.4 Å². The van der Waals surface area contributed by atoms with Gasteiger partial charge in [0.15, 0.2) is 0 Å². The topological polar surface area (TPSA) is 49.4 Å². The molecule has 19 heavy (non-hydrogen) atoms. The second-order valence-corrected chi connectivity index (χ2v) is 8.16. The minimum atomic E-state index is -3.32. The number of nitrogens with zero attached hydrogens (tertiary/aromatic N) is 1. The van der Waals surface area contributed by atoms with Crippen LogP contribution in [0.4, 0.5) is 0 Å². The highest BCUT2D eigenvalue weighted by Crippen LogP contribution is 2.25. The van der Waals surface area contributed by atoms with Gasteiger partial charge < -0.3 is 5.32 Å². The average molecular weight is 302 g/mol. The number of hydrogen-bond donors (Lipinski definition) is 1. The van der Waals surface area contributed by atoms with Crippen molar-refractivity contribution in [3.05, 3.63) is 17.0 Å². The third kappa shape index (κ3) is 3.37. The summed E-state index contributed by atoms with van der Waals surface area (Å²) in [6.45, 7) is 6.06. The smallest absolute Gasteiger partial charge is 0.252 e. The van der Waals surface area contributed by atoms with Gasteiger partial charge in [-0.1, -0.05) is 13.8 Å². The van der Waals surface area contributed by atoms with Crippen LogP contribution in [0.3, 0.4) is 0 Å². The Labute approximate surface area is 119 Å². The van der Waals surface area contributed by atoms with Crippen molar-refractivity contribution in [2.24, 2.45) is 0 Å². The third-order valence-electron chi connectivity index (χ3n) is 3.52. The van der Waals surface area contributed by atoms with Gasteiger partial charge in [-0.25, -0.2) is 8.42 Å². The van der Waals surface area contributed by atoms with E-state index >= 15 is 0 Å². The third-order valence-corrected chi connectivity index (χ3v) is 7.16. The van der Waals surface area contributed by atoms with Crippen molar-refractivity contribution in [3.63, 3.8) is 0 Å². The molecule has 1 aliphatic heterocycles. The molecule has 1 N–H and O–H groups in total. The summed E-state index contributed by atoms with van der Waals surface area (Å²) in [4.78, 5) is 1.12. The lowest BCUT2D eigenvalue weighted by Crippen LogP contribution is -2.40. The van der Waals surface area contributed by atoms with Gasteiger partial charge in [0.2, 0.25) is 0 Å². The van der Waals surface area contributed by atoms with Crippen molar-refractivity contribution < 1.29 is 8.42 Å². The number of hydrogen-bond acceptors (Lipinski definition) is 4. The van der Waals surface area contributed by atoms with E-state index in [1.54, 1.807) is 10.4 Å². The monoisotopic (exact) mass is 302 g/mol. The van der Waals surface area contributed by atoms with Crippen molar-refractivity contribution in [1.82, 2.24) is 9.62 Å². The summed E-state index contributed by atoms with van der Waals surface area (Å²) in [6, 6.07) is 3.96. The minimum Gasteiger partial charge on any atom is -0.313 e. The molecule has 0 saturated carbocycles. The summed E-state index contributed by atoms with van der Waals surface area (Å²) in [5.41, 5.74) is 0. The Bertz CT molecular complexity index is 504. The van der Waals surface area contributed by atoms with Crippen molar-refractivity contribution in [1.29, 1.82) is 0 Å². The standard InChI is InChI=1S/C13H22N2O2S2/c1-3-12-7-8-13(18-12)19(16,17)15(4-2)10-11-6-5-9-14-11/h7-8,11,14H,3-6,9-10H2,1-2H3.